The van der Waals surface area contributed by atoms with Crippen LogP contribution in [0.15, 0.2) is 6.07 Å². The van der Waals surface area contributed by atoms with E-state index in [2.05, 4.69) is 29.4 Å². The zero-order valence-electron chi connectivity index (χ0n) is 10.4. The van der Waals surface area contributed by atoms with Crippen molar-refractivity contribution in [2.24, 2.45) is 11.8 Å². The number of rotatable bonds is 2. The number of amides is 1. The molecule has 5 heteroatoms. The lowest BCUT2D eigenvalue weighted by atomic mass is 9.79. The van der Waals surface area contributed by atoms with Crippen molar-refractivity contribution in [2.45, 2.75) is 39.2 Å². The van der Waals surface area contributed by atoms with Crippen molar-refractivity contribution >= 4 is 11.7 Å². The number of nitrogen functional groups attached to an aromatic ring is 1. The number of anilines is 1. The Morgan fingerprint density at radius 1 is 1.47 bits per heavy atom. The van der Waals surface area contributed by atoms with Crippen molar-refractivity contribution in [2.75, 3.05) is 5.73 Å². The van der Waals surface area contributed by atoms with E-state index < -0.39 is 0 Å². The van der Waals surface area contributed by atoms with Crippen molar-refractivity contribution in [3.05, 3.63) is 11.8 Å². The maximum absolute atomic E-state index is 11.9. The predicted molar refractivity (Wildman–Crippen MR) is 66.4 cm³/mol. The van der Waals surface area contributed by atoms with Gasteiger partial charge < -0.3 is 11.1 Å². The van der Waals surface area contributed by atoms with Crippen molar-refractivity contribution in [1.82, 2.24) is 15.5 Å². The molecule has 1 heterocycles. The first kappa shape index (κ1) is 12.0. The first-order valence-electron chi connectivity index (χ1n) is 6.18. The van der Waals surface area contributed by atoms with Gasteiger partial charge in [0.15, 0.2) is 0 Å². The van der Waals surface area contributed by atoms with Gasteiger partial charge in [-0.2, -0.15) is 5.10 Å². The van der Waals surface area contributed by atoms with Gasteiger partial charge in [-0.3, -0.25) is 9.89 Å². The van der Waals surface area contributed by atoms with Gasteiger partial charge in [0.05, 0.1) is 0 Å². The highest BCUT2D eigenvalue weighted by Gasteiger charge is 2.26. The third-order valence-corrected chi connectivity index (χ3v) is 3.78. The first-order chi connectivity index (χ1) is 8.06. The molecule has 1 fully saturated rings. The summed E-state index contributed by atoms with van der Waals surface area (Å²) in [7, 11) is 0. The number of nitrogens with two attached hydrogens (primary N) is 1. The third-order valence-electron chi connectivity index (χ3n) is 3.78. The molecule has 1 aromatic heterocycles. The monoisotopic (exact) mass is 236 g/mol. The lowest BCUT2D eigenvalue weighted by Gasteiger charge is -2.32. The summed E-state index contributed by atoms with van der Waals surface area (Å²) in [5, 5.41) is 9.41. The number of aromatic nitrogens is 2. The van der Waals surface area contributed by atoms with Crippen LogP contribution in [0.1, 0.15) is 43.6 Å². The largest absolute Gasteiger partial charge is 0.382 e. The maximum Gasteiger partial charge on any atom is 0.269 e. The van der Waals surface area contributed by atoms with Crippen LogP contribution in [0.5, 0.6) is 0 Å². The Balaban J connectivity index is 1.91. The van der Waals surface area contributed by atoms with Gasteiger partial charge in [-0.25, -0.2) is 0 Å². The second-order valence-electron chi connectivity index (χ2n) is 5.14. The van der Waals surface area contributed by atoms with Crippen LogP contribution in [0, 0.1) is 11.8 Å². The molecule has 0 aromatic carbocycles. The van der Waals surface area contributed by atoms with Gasteiger partial charge in [0, 0.05) is 12.1 Å². The Labute approximate surface area is 101 Å². The molecule has 0 saturated heterocycles. The molecule has 17 heavy (non-hydrogen) atoms. The molecule has 1 aliphatic carbocycles. The van der Waals surface area contributed by atoms with Gasteiger partial charge >= 0.3 is 0 Å². The van der Waals surface area contributed by atoms with E-state index in [1.165, 1.54) is 6.42 Å². The third kappa shape index (κ3) is 2.78. The number of carbonyl (C=O) groups is 1. The van der Waals surface area contributed by atoms with E-state index in [0.717, 1.165) is 18.8 Å². The number of nitrogens with zero attached hydrogens (tertiary/aromatic N) is 1. The Morgan fingerprint density at radius 2 is 2.24 bits per heavy atom. The minimum atomic E-state index is -0.110. The van der Waals surface area contributed by atoms with Crippen LogP contribution in [0.2, 0.25) is 0 Å². The molecule has 94 valence electrons. The Morgan fingerprint density at radius 3 is 2.82 bits per heavy atom. The van der Waals surface area contributed by atoms with Crippen molar-refractivity contribution in [3.8, 4) is 0 Å². The van der Waals surface area contributed by atoms with Crippen LogP contribution in [0.25, 0.3) is 0 Å². The SMILES string of the molecule is CC1CCC(NC(=O)c2cc(N)n[nH]2)CC1C. The van der Waals surface area contributed by atoms with Gasteiger partial charge in [0.1, 0.15) is 11.5 Å². The molecule has 4 N–H and O–H groups in total. The minimum absolute atomic E-state index is 0.110. The molecule has 2 rings (SSSR count). The molecule has 1 amide bonds. The summed E-state index contributed by atoms with van der Waals surface area (Å²) in [4.78, 5) is 11.9. The van der Waals surface area contributed by atoms with Gasteiger partial charge in [0.25, 0.3) is 5.91 Å². The van der Waals surface area contributed by atoms with E-state index in [-0.39, 0.29) is 11.9 Å². The van der Waals surface area contributed by atoms with Crippen molar-refractivity contribution in [3.63, 3.8) is 0 Å². The maximum atomic E-state index is 11.9. The van der Waals surface area contributed by atoms with Gasteiger partial charge in [-0.05, 0) is 31.1 Å². The number of carbonyl (C=O) groups excluding carboxylic acids is 1. The molecule has 0 bridgehead atoms. The molecule has 3 atom stereocenters. The Bertz CT molecular complexity index is 401. The predicted octanol–water partition coefficient (Wildman–Crippen LogP) is 1.55. The smallest absolute Gasteiger partial charge is 0.269 e. The van der Waals surface area contributed by atoms with E-state index in [9.17, 15) is 4.79 Å². The van der Waals surface area contributed by atoms with Crippen LogP contribution >= 0.6 is 0 Å². The van der Waals surface area contributed by atoms with E-state index in [0.29, 0.717) is 17.4 Å². The molecule has 1 saturated carbocycles. The fourth-order valence-corrected chi connectivity index (χ4v) is 2.40. The molecule has 0 aliphatic heterocycles. The van der Waals surface area contributed by atoms with Gasteiger partial charge in [-0.15, -0.1) is 0 Å². The molecule has 5 nitrogen and oxygen atoms in total. The summed E-state index contributed by atoms with van der Waals surface area (Å²) in [5.41, 5.74) is 5.91. The van der Waals surface area contributed by atoms with Crippen LogP contribution < -0.4 is 11.1 Å². The summed E-state index contributed by atoms with van der Waals surface area (Å²) in [5.74, 6) is 1.66. The van der Waals surface area contributed by atoms with Crippen LogP contribution in [0.4, 0.5) is 5.82 Å². The average Bonchev–Trinajstić information content (AvgIpc) is 2.70. The summed E-state index contributed by atoms with van der Waals surface area (Å²) in [6, 6.07) is 1.84. The molecule has 3 unspecified atom stereocenters. The first-order valence-corrected chi connectivity index (χ1v) is 6.18. The van der Waals surface area contributed by atoms with Gasteiger partial charge in [-0.1, -0.05) is 13.8 Å². The van der Waals surface area contributed by atoms with Crippen LogP contribution in [0.3, 0.4) is 0 Å². The average molecular weight is 236 g/mol. The zero-order chi connectivity index (χ0) is 12.4. The van der Waals surface area contributed by atoms with Crippen molar-refractivity contribution < 1.29 is 4.79 Å². The summed E-state index contributed by atoms with van der Waals surface area (Å²) < 4.78 is 0. The highest BCUT2D eigenvalue weighted by Crippen LogP contribution is 2.29. The standard InChI is InChI=1S/C12H20N4O/c1-7-3-4-9(5-8(7)2)14-12(17)10-6-11(13)16-15-10/h6-9H,3-5H2,1-2H3,(H,14,17)(H3,13,15,16). The Kier molecular flexibility index (Phi) is 3.36. The number of nitrogens with one attached hydrogen (secondary N) is 2. The van der Waals surface area contributed by atoms with E-state index in [1.807, 2.05) is 0 Å². The lowest BCUT2D eigenvalue weighted by molar-refractivity contribution is 0.0905. The molecule has 0 spiro atoms. The number of hydrogen-bond donors (Lipinski definition) is 3. The molecular formula is C12H20N4O. The van der Waals surface area contributed by atoms with Crippen LogP contribution in [-0.2, 0) is 0 Å². The van der Waals surface area contributed by atoms with Crippen LogP contribution in [-0.4, -0.2) is 22.1 Å². The molecule has 0 radical (unpaired) electrons. The van der Waals surface area contributed by atoms with E-state index >= 15 is 0 Å². The normalized spacial score (nSPS) is 28.9. The topological polar surface area (TPSA) is 83.8 Å². The van der Waals surface area contributed by atoms with E-state index in [4.69, 9.17) is 5.73 Å². The summed E-state index contributed by atoms with van der Waals surface area (Å²) in [6.07, 6.45) is 3.29. The molecule has 1 aliphatic rings. The fraction of sp³-hybridized carbons (Fsp3) is 0.667. The quantitative estimate of drug-likeness (QED) is 0.728. The number of H-pyrrole nitrogens is 1. The molecular weight excluding hydrogens is 216 g/mol. The summed E-state index contributed by atoms with van der Waals surface area (Å²) in [6.45, 7) is 4.52. The number of aromatic amines is 1. The van der Waals surface area contributed by atoms with E-state index in [1.54, 1.807) is 6.07 Å². The molecule has 1 aromatic rings. The van der Waals surface area contributed by atoms with Crippen molar-refractivity contribution in [1.29, 1.82) is 0 Å². The highest BCUT2D eigenvalue weighted by molar-refractivity contribution is 5.93. The van der Waals surface area contributed by atoms with Gasteiger partial charge in [0.2, 0.25) is 0 Å². The second kappa shape index (κ2) is 4.77. The minimum Gasteiger partial charge on any atom is -0.382 e. The highest BCUT2D eigenvalue weighted by atomic mass is 16.2. The second-order valence-corrected chi connectivity index (χ2v) is 5.14. The fourth-order valence-electron chi connectivity index (χ4n) is 2.40. The summed E-state index contributed by atoms with van der Waals surface area (Å²) >= 11 is 0. The Hall–Kier alpha value is -1.52. The number of hydrogen-bond acceptors (Lipinski definition) is 3. The lowest BCUT2D eigenvalue weighted by Crippen LogP contribution is -2.40. The zero-order valence-corrected chi connectivity index (χ0v) is 10.4.